The number of rotatable bonds is 4. The molecule has 0 aliphatic heterocycles. The van der Waals surface area contributed by atoms with Crippen molar-refractivity contribution in [1.82, 2.24) is 9.97 Å². The minimum atomic E-state index is -0.287. The van der Waals surface area contributed by atoms with Crippen LogP contribution in [0, 0.1) is 5.82 Å². The molecule has 22 heavy (non-hydrogen) atoms. The van der Waals surface area contributed by atoms with Gasteiger partial charge in [-0.2, -0.15) is 0 Å². The zero-order valence-corrected chi connectivity index (χ0v) is 12.1. The first-order chi connectivity index (χ1) is 10.8. The lowest BCUT2D eigenvalue weighted by atomic mass is 9.96. The van der Waals surface area contributed by atoms with E-state index < -0.39 is 0 Å². The van der Waals surface area contributed by atoms with E-state index in [9.17, 15) is 4.39 Å². The fourth-order valence-corrected chi connectivity index (χ4v) is 2.97. The van der Waals surface area contributed by atoms with Crippen LogP contribution in [0.1, 0.15) is 18.4 Å². The highest BCUT2D eigenvalue weighted by Crippen LogP contribution is 2.48. The number of anilines is 1. The predicted octanol–water partition coefficient (Wildman–Crippen LogP) is 3.91. The number of hydrogen-bond donors (Lipinski definition) is 1. The SMILES string of the molecule is Fc1cccc2ncnc(NCC3(c4ccccc4)CC3)c12. The van der Waals surface area contributed by atoms with Crippen LogP contribution in [0.15, 0.2) is 54.9 Å². The van der Waals surface area contributed by atoms with Gasteiger partial charge in [0.1, 0.15) is 18.0 Å². The van der Waals surface area contributed by atoms with Gasteiger partial charge in [-0.25, -0.2) is 14.4 Å². The van der Waals surface area contributed by atoms with E-state index in [0.29, 0.717) is 16.7 Å². The average Bonchev–Trinajstić information content (AvgIpc) is 3.35. The smallest absolute Gasteiger partial charge is 0.140 e. The van der Waals surface area contributed by atoms with Gasteiger partial charge < -0.3 is 5.32 Å². The first-order valence-corrected chi connectivity index (χ1v) is 7.47. The molecule has 0 radical (unpaired) electrons. The van der Waals surface area contributed by atoms with Crippen molar-refractivity contribution in [3.8, 4) is 0 Å². The van der Waals surface area contributed by atoms with Crippen molar-refractivity contribution < 1.29 is 4.39 Å². The zero-order chi connectivity index (χ0) is 15.0. The van der Waals surface area contributed by atoms with Crippen LogP contribution in [0.25, 0.3) is 10.9 Å². The highest BCUT2D eigenvalue weighted by atomic mass is 19.1. The molecule has 1 fully saturated rings. The summed E-state index contributed by atoms with van der Waals surface area (Å²) in [5.74, 6) is 0.287. The molecule has 1 aliphatic carbocycles. The van der Waals surface area contributed by atoms with Gasteiger partial charge in [-0.3, -0.25) is 0 Å². The maximum Gasteiger partial charge on any atom is 0.140 e. The third-order valence-electron chi connectivity index (χ3n) is 4.45. The van der Waals surface area contributed by atoms with E-state index in [-0.39, 0.29) is 11.2 Å². The third-order valence-corrected chi connectivity index (χ3v) is 4.45. The van der Waals surface area contributed by atoms with Crippen LogP contribution in [-0.2, 0) is 5.41 Å². The van der Waals surface area contributed by atoms with E-state index in [1.807, 2.05) is 6.07 Å². The van der Waals surface area contributed by atoms with E-state index in [0.717, 1.165) is 19.4 Å². The van der Waals surface area contributed by atoms with Gasteiger partial charge in [-0.15, -0.1) is 0 Å². The molecule has 3 aromatic rings. The Morgan fingerprint density at radius 2 is 1.82 bits per heavy atom. The van der Waals surface area contributed by atoms with Crippen LogP contribution in [0.4, 0.5) is 10.2 Å². The molecule has 0 spiro atoms. The van der Waals surface area contributed by atoms with Gasteiger partial charge in [0.25, 0.3) is 0 Å². The molecule has 0 bridgehead atoms. The van der Waals surface area contributed by atoms with E-state index >= 15 is 0 Å². The molecule has 1 saturated carbocycles. The van der Waals surface area contributed by atoms with Gasteiger partial charge in [0, 0.05) is 12.0 Å². The largest absolute Gasteiger partial charge is 0.368 e. The van der Waals surface area contributed by atoms with Crippen molar-refractivity contribution >= 4 is 16.7 Å². The first-order valence-electron chi connectivity index (χ1n) is 7.47. The summed E-state index contributed by atoms with van der Waals surface area (Å²) < 4.78 is 14.1. The van der Waals surface area contributed by atoms with Gasteiger partial charge in [0.15, 0.2) is 0 Å². The number of halogens is 1. The summed E-state index contributed by atoms with van der Waals surface area (Å²) in [7, 11) is 0. The van der Waals surface area contributed by atoms with Crippen molar-refractivity contribution in [3.05, 3.63) is 66.2 Å². The number of nitrogens with zero attached hydrogens (tertiary/aromatic N) is 2. The Morgan fingerprint density at radius 3 is 2.59 bits per heavy atom. The molecule has 110 valence electrons. The van der Waals surface area contributed by atoms with Crippen LogP contribution < -0.4 is 5.32 Å². The van der Waals surface area contributed by atoms with Gasteiger partial charge in [0.2, 0.25) is 0 Å². The third kappa shape index (κ3) is 2.21. The van der Waals surface area contributed by atoms with Gasteiger partial charge in [-0.05, 0) is 30.5 Å². The molecule has 0 saturated heterocycles. The molecule has 4 rings (SSSR count). The molecular formula is C18H16FN3. The van der Waals surface area contributed by atoms with Gasteiger partial charge >= 0.3 is 0 Å². The lowest BCUT2D eigenvalue weighted by Gasteiger charge is -2.17. The second kappa shape index (κ2) is 5.05. The molecular weight excluding hydrogens is 277 g/mol. The minimum Gasteiger partial charge on any atom is -0.368 e. The van der Waals surface area contributed by atoms with Gasteiger partial charge in [-0.1, -0.05) is 36.4 Å². The molecule has 1 N–H and O–H groups in total. The molecule has 4 heteroatoms. The summed E-state index contributed by atoms with van der Waals surface area (Å²) in [5.41, 5.74) is 2.12. The quantitative estimate of drug-likeness (QED) is 0.792. The Labute approximate surface area is 128 Å². The Kier molecular flexibility index (Phi) is 3.03. The van der Waals surface area contributed by atoms with Crippen molar-refractivity contribution in [2.75, 3.05) is 11.9 Å². The lowest BCUT2D eigenvalue weighted by Crippen LogP contribution is -2.20. The second-order valence-corrected chi connectivity index (χ2v) is 5.86. The maximum absolute atomic E-state index is 14.1. The van der Waals surface area contributed by atoms with E-state index in [4.69, 9.17) is 0 Å². The molecule has 3 nitrogen and oxygen atoms in total. The molecule has 0 unspecified atom stereocenters. The Bertz CT molecular complexity index is 808. The molecule has 1 aromatic heterocycles. The average molecular weight is 293 g/mol. The first kappa shape index (κ1) is 13.2. The van der Waals surface area contributed by atoms with Crippen LogP contribution in [0.5, 0.6) is 0 Å². The fraction of sp³-hybridized carbons (Fsp3) is 0.222. The zero-order valence-electron chi connectivity index (χ0n) is 12.1. The molecule has 1 aliphatic rings. The summed E-state index contributed by atoms with van der Waals surface area (Å²) >= 11 is 0. The topological polar surface area (TPSA) is 37.8 Å². The lowest BCUT2D eigenvalue weighted by molar-refractivity contribution is 0.639. The summed E-state index contributed by atoms with van der Waals surface area (Å²) in [6.07, 6.45) is 3.78. The molecule has 2 aromatic carbocycles. The van der Waals surface area contributed by atoms with E-state index in [2.05, 4.69) is 39.6 Å². The summed E-state index contributed by atoms with van der Waals surface area (Å²) in [4.78, 5) is 8.36. The summed E-state index contributed by atoms with van der Waals surface area (Å²) in [6.45, 7) is 0.761. The minimum absolute atomic E-state index is 0.157. The second-order valence-electron chi connectivity index (χ2n) is 5.86. The number of hydrogen-bond acceptors (Lipinski definition) is 3. The van der Waals surface area contributed by atoms with Crippen LogP contribution in [0.3, 0.4) is 0 Å². The van der Waals surface area contributed by atoms with Crippen molar-refractivity contribution in [2.24, 2.45) is 0 Å². The normalized spacial score (nSPS) is 15.7. The predicted molar refractivity (Wildman–Crippen MR) is 85.3 cm³/mol. The Morgan fingerprint density at radius 1 is 1.00 bits per heavy atom. The number of benzene rings is 2. The molecule has 0 atom stereocenters. The highest BCUT2D eigenvalue weighted by molar-refractivity contribution is 5.89. The number of fused-ring (bicyclic) bond motifs is 1. The van der Waals surface area contributed by atoms with Crippen LogP contribution in [-0.4, -0.2) is 16.5 Å². The summed E-state index contributed by atoms with van der Waals surface area (Å²) in [5, 5.41) is 3.81. The van der Waals surface area contributed by atoms with E-state index in [1.54, 1.807) is 12.1 Å². The van der Waals surface area contributed by atoms with Crippen LogP contribution >= 0.6 is 0 Å². The van der Waals surface area contributed by atoms with Crippen molar-refractivity contribution in [2.45, 2.75) is 18.3 Å². The Balaban J connectivity index is 1.63. The highest BCUT2D eigenvalue weighted by Gasteiger charge is 2.43. The monoisotopic (exact) mass is 293 g/mol. The maximum atomic E-state index is 14.1. The van der Waals surface area contributed by atoms with Gasteiger partial charge in [0.05, 0.1) is 10.9 Å². The van der Waals surface area contributed by atoms with Crippen LogP contribution in [0.2, 0.25) is 0 Å². The van der Waals surface area contributed by atoms with Crippen molar-refractivity contribution in [3.63, 3.8) is 0 Å². The fourth-order valence-electron chi connectivity index (χ4n) is 2.97. The Hall–Kier alpha value is -2.49. The number of nitrogens with one attached hydrogen (secondary N) is 1. The molecule has 0 amide bonds. The van der Waals surface area contributed by atoms with E-state index in [1.165, 1.54) is 18.0 Å². The summed E-state index contributed by atoms with van der Waals surface area (Å²) in [6, 6.07) is 15.4. The standard InChI is InChI=1S/C18H16FN3/c19-14-7-4-8-15-16(14)17(22-12-21-15)20-11-18(9-10-18)13-5-2-1-3-6-13/h1-8,12H,9-11H2,(H,20,21,22). The van der Waals surface area contributed by atoms with Crippen molar-refractivity contribution in [1.29, 1.82) is 0 Å². The number of aromatic nitrogens is 2. The molecule has 1 heterocycles.